The predicted octanol–water partition coefficient (Wildman–Crippen LogP) is 5.78. The lowest BCUT2D eigenvalue weighted by Crippen LogP contribution is -2.47. The predicted molar refractivity (Wildman–Crippen MR) is 167 cm³/mol. The van der Waals surface area contributed by atoms with Crippen molar-refractivity contribution in [3.05, 3.63) is 42.4 Å². The summed E-state index contributed by atoms with van der Waals surface area (Å²) in [5.74, 6) is 1.38. The normalized spacial score (nSPS) is 18.1. The number of nitrogens with zero attached hydrogens (tertiary/aromatic N) is 7. The Bertz CT molecular complexity index is 1580. The van der Waals surface area contributed by atoms with Gasteiger partial charge in [0.1, 0.15) is 17.4 Å². The molecule has 3 aromatic heterocycles. The monoisotopic (exact) mass is 589 g/mol. The molecular weight excluding hydrogens is 550 g/mol. The number of hydrogen-bond acceptors (Lipinski definition) is 10. The number of carbonyl (C=O) groups excluding carboxylic acids is 1. The number of likely N-dealkylation sites (tertiary alicyclic amines) is 1. The van der Waals surface area contributed by atoms with E-state index in [4.69, 9.17) is 9.72 Å². The smallest absolute Gasteiger partial charge is 0.410 e. The van der Waals surface area contributed by atoms with Gasteiger partial charge in [-0.2, -0.15) is 5.10 Å². The maximum Gasteiger partial charge on any atom is 0.410 e. The minimum atomic E-state index is -0.514. The Morgan fingerprint density at radius 1 is 1.12 bits per heavy atom. The first-order valence-electron chi connectivity index (χ1n) is 14.8. The van der Waals surface area contributed by atoms with Crippen molar-refractivity contribution in [3.63, 3.8) is 0 Å². The maximum absolute atomic E-state index is 12.6. The number of rotatable bonds is 7. The Morgan fingerprint density at radius 2 is 1.95 bits per heavy atom. The summed E-state index contributed by atoms with van der Waals surface area (Å²) < 4.78 is 13.3. The number of hydrogen-bond donors (Lipinski definition) is 2. The summed E-state index contributed by atoms with van der Waals surface area (Å²) in [5, 5.41) is 9.02. The van der Waals surface area contributed by atoms with Crippen LogP contribution >= 0.6 is 12.1 Å². The van der Waals surface area contributed by atoms with Crippen LogP contribution in [-0.4, -0.2) is 77.7 Å². The van der Waals surface area contributed by atoms with Gasteiger partial charge in [0.2, 0.25) is 5.95 Å². The Labute approximate surface area is 250 Å². The van der Waals surface area contributed by atoms with E-state index in [2.05, 4.69) is 60.6 Å². The lowest BCUT2D eigenvalue weighted by molar-refractivity contribution is 0.0206. The van der Waals surface area contributed by atoms with E-state index in [0.29, 0.717) is 19.0 Å². The van der Waals surface area contributed by atoms with Gasteiger partial charge in [0.25, 0.3) is 0 Å². The number of ether oxygens (including phenoxy) is 1. The van der Waals surface area contributed by atoms with Crippen molar-refractivity contribution in [1.82, 2.24) is 33.8 Å². The number of amides is 1. The van der Waals surface area contributed by atoms with Crippen LogP contribution in [0.3, 0.4) is 0 Å². The van der Waals surface area contributed by atoms with Crippen LogP contribution in [0, 0.1) is 0 Å². The highest BCUT2D eigenvalue weighted by atomic mass is 32.2. The molecule has 1 amide bonds. The molecule has 0 radical (unpaired) electrons. The van der Waals surface area contributed by atoms with Gasteiger partial charge < -0.3 is 15.0 Å². The first-order valence-corrected chi connectivity index (χ1v) is 15.6. The van der Waals surface area contributed by atoms with Gasteiger partial charge in [0.05, 0.1) is 11.2 Å². The SMILES string of the molecule is CCc1cc(-c2ccc3c(NSN4CCCC4)ncnn23)cc2cnc(NC3CCCN(C(=O)OC(C)(C)C)C3)nc12. The Kier molecular flexibility index (Phi) is 8.09. The van der Waals surface area contributed by atoms with Gasteiger partial charge in [-0.25, -0.2) is 28.6 Å². The second-order valence-electron chi connectivity index (χ2n) is 12.0. The van der Waals surface area contributed by atoms with Gasteiger partial charge in [-0.05, 0) is 82.7 Å². The molecule has 4 aromatic rings. The second kappa shape index (κ2) is 11.9. The van der Waals surface area contributed by atoms with Crippen LogP contribution in [0.25, 0.3) is 27.7 Å². The summed E-state index contributed by atoms with van der Waals surface area (Å²) in [4.78, 5) is 28.5. The zero-order valence-corrected chi connectivity index (χ0v) is 25.6. The molecule has 2 fully saturated rings. The molecule has 1 unspecified atom stereocenters. The molecule has 5 heterocycles. The van der Waals surface area contributed by atoms with Gasteiger partial charge in [-0.1, -0.05) is 6.92 Å². The van der Waals surface area contributed by atoms with Crippen molar-refractivity contribution >= 4 is 46.4 Å². The highest BCUT2D eigenvalue weighted by Gasteiger charge is 2.28. The number of carbonyl (C=O) groups is 1. The highest BCUT2D eigenvalue weighted by Crippen LogP contribution is 2.31. The van der Waals surface area contributed by atoms with E-state index in [1.54, 1.807) is 23.4 Å². The molecular formula is C30H39N9O2S. The van der Waals surface area contributed by atoms with Crippen LogP contribution in [0.15, 0.2) is 36.8 Å². The van der Waals surface area contributed by atoms with Gasteiger partial charge in [-0.3, -0.25) is 4.72 Å². The van der Waals surface area contributed by atoms with Crippen molar-refractivity contribution in [3.8, 4) is 11.3 Å². The van der Waals surface area contributed by atoms with Crippen molar-refractivity contribution in [2.24, 2.45) is 0 Å². The molecule has 222 valence electrons. The fourth-order valence-electron chi connectivity index (χ4n) is 5.59. The molecule has 12 heteroatoms. The number of anilines is 2. The number of piperidine rings is 1. The zero-order chi connectivity index (χ0) is 29.3. The molecule has 2 N–H and O–H groups in total. The molecule has 2 saturated heterocycles. The molecule has 0 saturated carbocycles. The maximum atomic E-state index is 12.6. The third kappa shape index (κ3) is 6.24. The topological polar surface area (TPSA) is 113 Å². The number of aryl methyl sites for hydroxylation is 1. The van der Waals surface area contributed by atoms with E-state index in [1.165, 1.54) is 12.8 Å². The van der Waals surface area contributed by atoms with Crippen molar-refractivity contribution in [2.75, 3.05) is 36.2 Å². The van der Waals surface area contributed by atoms with E-state index in [0.717, 1.165) is 71.4 Å². The standard InChI is InChI=1S/C30H39N9O2S/c1-5-20-15-21(24-10-11-25-27(32-19-33-39(24)25)36-42-38-13-6-7-14-38)16-22-17-31-28(35-26(20)22)34-23-9-8-12-37(18-23)29(40)41-30(2,3)4/h10-11,15-17,19,23H,5-9,12-14,18H2,1-4H3,(H,31,34,35)(H,32,33,36). The number of benzene rings is 1. The number of nitrogens with one attached hydrogen (secondary N) is 2. The minimum absolute atomic E-state index is 0.0614. The summed E-state index contributed by atoms with van der Waals surface area (Å²) in [6, 6.07) is 8.53. The van der Waals surface area contributed by atoms with Crippen LogP contribution in [-0.2, 0) is 11.2 Å². The molecule has 2 aliphatic rings. The first kappa shape index (κ1) is 28.5. The average molecular weight is 590 g/mol. The quantitative estimate of drug-likeness (QED) is 0.257. The third-order valence-corrected chi connectivity index (χ3v) is 8.54. The van der Waals surface area contributed by atoms with Crippen molar-refractivity contribution < 1.29 is 9.53 Å². The summed E-state index contributed by atoms with van der Waals surface area (Å²) in [6.07, 6.45) is 8.35. The van der Waals surface area contributed by atoms with E-state index < -0.39 is 5.60 Å². The zero-order valence-electron chi connectivity index (χ0n) is 24.8. The molecule has 1 aromatic carbocycles. The highest BCUT2D eigenvalue weighted by molar-refractivity contribution is 7.98. The van der Waals surface area contributed by atoms with Gasteiger partial charge in [0.15, 0.2) is 5.82 Å². The van der Waals surface area contributed by atoms with E-state index in [-0.39, 0.29) is 12.1 Å². The van der Waals surface area contributed by atoms with Crippen molar-refractivity contribution in [1.29, 1.82) is 0 Å². The molecule has 0 spiro atoms. The summed E-state index contributed by atoms with van der Waals surface area (Å²) in [7, 11) is 0. The summed E-state index contributed by atoms with van der Waals surface area (Å²) in [5.41, 5.74) is 4.53. The molecule has 6 rings (SSSR count). The largest absolute Gasteiger partial charge is 0.444 e. The Balaban J connectivity index is 1.22. The van der Waals surface area contributed by atoms with E-state index >= 15 is 0 Å². The van der Waals surface area contributed by atoms with Crippen LogP contribution in [0.4, 0.5) is 16.6 Å². The number of fused-ring (bicyclic) bond motifs is 2. The number of aromatic nitrogens is 5. The first-order chi connectivity index (χ1) is 20.3. The Morgan fingerprint density at radius 3 is 2.74 bits per heavy atom. The molecule has 11 nitrogen and oxygen atoms in total. The lowest BCUT2D eigenvalue weighted by Gasteiger charge is -2.34. The van der Waals surface area contributed by atoms with Crippen molar-refractivity contribution in [2.45, 2.75) is 71.4 Å². The molecule has 1 atom stereocenters. The molecule has 0 aliphatic carbocycles. The van der Waals surface area contributed by atoms with E-state index in [1.807, 2.05) is 31.5 Å². The fourth-order valence-corrected chi connectivity index (χ4v) is 6.41. The van der Waals surface area contributed by atoms with E-state index in [9.17, 15) is 4.79 Å². The third-order valence-electron chi connectivity index (χ3n) is 7.63. The van der Waals surface area contributed by atoms with Crippen LogP contribution in [0.5, 0.6) is 0 Å². The molecule has 42 heavy (non-hydrogen) atoms. The minimum Gasteiger partial charge on any atom is -0.444 e. The van der Waals surface area contributed by atoms with Gasteiger partial charge in [0, 0.05) is 61.5 Å². The summed E-state index contributed by atoms with van der Waals surface area (Å²) in [6.45, 7) is 11.3. The molecule has 2 aliphatic heterocycles. The van der Waals surface area contributed by atoms with Gasteiger partial charge >= 0.3 is 6.09 Å². The van der Waals surface area contributed by atoms with Gasteiger partial charge in [-0.15, -0.1) is 0 Å². The lowest BCUT2D eigenvalue weighted by atomic mass is 10.0. The average Bonchev–Trinajstić information content (AvgIpc) is 3.65. The van der Waals surface area contributed by atoms with Crippen LogP contribution in [0.2, 0.25) is 0 Å². The fraction of sp³-hybridized carbons (Fsp3) is 0.500. The summed E-state index contributed by atoms with van der Waals surface area (Å²) >= 11 is 1.61. The van der Waals surface area contributed by atoms with Crippen LogP contribution in [0.1, 0.15) is 58.9 Å². The second-order valence-corrected chi connectivity index (χ2v) is 12.9. The van der Waals surface area contributed by atoms with Crippen LogP contribution < -0.4 is 10.0 Å². The Hall–Kier alpha value is -3.64. The molecule has 0 bridgehead atoms.